The number of hydrogen-bond acceptors (Lipinski definition) is 4. The van der Waals surface area contributed by atoms with Crippen molar-refractivity contribution in [2.24, 2.45) is 5.73 Å². The van der Waals surface area contributed by atoms with Gasteiger partial charge in [0.1, 0.15) is 5.75 Å². The first-order valence-electron chi connectivity index (χ1n) is 7.83. The van der Waals surface area contributed by atoms with E-state index in [2.05, 4.69) is 4.72 Å². The molecule has 23 heavy (non-hydrogen) atoms. The summed E-state index contributed by atoms with van der Waals surface area (Å²) in [6, 6.07) is 5.17. The fourth-order valence-electron chi connectivity index (χ4n) is 2.70. The van der Waals surface area contributed by atoms with Crippen LogP contribution in [0.4, 0.5) is 0 Å². The fourth-order valence-corrected chi connectivity index (χ4v) is 4.09. The Hall–Kier alpha value is -0.820. The second-order valence-corrected chi connectivity index (χ2v) is 8.04. The molecule has 5 nitrogen and oxygen atoms in total. The highest BCUT2D eigenvalue weighted by Gasteiger charge is 2.24. The van der Waals surface area contributed by atoms with E-state index in [9.17, 15) is 8.42 Å². The summed E-state index contributed by atoms with van der Waals surface area (Å²) in [6.45, 7) is 5.75. The molecule has 0 atom stereocenters. The van der Waals surface area contributed by atoms with Crippen molar-refractivity contribution in [3.8, 4) is 5.75 Å². The Morgan fingerprint density at radius 1 is 1.22 bits per heavy atom. The van der Waals surface area contributed by atoms with E-state index in [0.29, 0.717) is 0 Å². The third-order valence-corrected chi connectivity index (χ3v) is 5.43. The number of nitrogens with two attached hydrogens (primary N) is 1. The van der Waals surface area contributed by atoms with Gasteiger partial charge in [-0.3, -0.25) is 0 Å². The molecule has 3 N–H and O–H groups in total. The summed E-state index contributed by atoms with van der Waals surface area (Å²) >= 11 is 0. The zero-order valence-electron chi connectivity index (χ0n) is 13.9. The van der Waals surface area contributed by atoms with E-state index in [1.54, 1.807) is 18.2 Å². The van der Waals surface area contributed by atoms with Crippen molar-refractivity contribution in [2.75, 3.05) is 0 Å². The highest BCUT2D eigenvalue weighted by Crippen LogP contribution is 2.24. The van der Waals surface area contributed by atoms with Gasteiger partial charge in [0.25, 0.3) is 0 Å². The van der Waals surface area contributed by atoms with E-state index >= 15 is 0 Å². The van der Waals surface area contributed by atoms with Crippen molar-refractivity contribution in [3.63, 3.8) is 0 Å². The Bertz CT molecular complexity index is 612. The van der Waals surface area contributed by atoms with Crippen molar-refractivity contribution in [2.45, 2.75) is 69.5 Å². The first-order valence-corrected chi connectivity index (χ1v) is 9.31. The quantitative estimate of drug-likeness (QED) is 0.843. The number of sulfonamides is 1. The van der Waals surface area contributed by atoms with E-state index in [1.807, 2.05) is 20.8 Å². The molecule has 0 bridgehead atoms. The maximum Gasteiger partial charge on any atom is 0.240 e. The molecule has 1 aliphatic carbocycles. The second kappa shape index (κ2) is 8.33. The lowest BCUT2D eigenvalue weighted by molar-refractivity contribution is 0.240. The molecule has 132 valence electrons. The van der Waals surface area contributed by atoms with Gasteiger partial charge in [-0.05, 0) is 70.2 Å². The van der Waals surface area contributed by atoms with Gasteiger partial charge in [-0.1, -0.05) is 0 Å². The average molecular weight is 363 g/mol. The summed E-state index contributed by atoms with van der Waals surface area (Å²) in [4.78, 5) is 0.288. The van der Waals surface area contributed by atoms with Crippen LogP contribution in [0.3, 0.4) is 0 Å². The van der Waals surface area contributed by atoms with Crippen molar-refractivity contribution in [3.05, 3.63) is 23.8 Å². The van der Waals surface area contributed by atoms with E-state index in [0.717, 1.165) is 37.0 Å². The van der Waals surface area contributed by atoms with Crippen LogP contribution in [0.5, 0.6) is 5.75 Å². The van der Waals surface area contributed by atoms with E-state index < -0.39 is 10.0 Å². The summed E-state index contributed by atoms with van der Waals surface area (Å²) in [5, 5.41) is 0. The first-order chi connectivity index (χ1) is 10.3. The summed E-state index contributed by atoms with van der Waals surface area (Å²) in [7, 11) is -3.49. The predicted octanol–water partition coefficient (Wildman–Crippen LogP) is 2.75. The molecule has 1 fully saturated rings. The van der Waals surface area contributed by atoms with Crippen LogP contribution < -0.4 is 15.2 Å². The molecule has 1 aliphatic rings. The zero-order chi connectivity index (χ0) is 16.3. The van der Waals surface area contributed by atoms with Gasteiger partial charge in [-0.2, -0.15) is 0 Å². The Labute approximate surface area is 145 Å². The van der Waals surface area contributed by atoms with Gasteiger partial charge in [-0.25, -0.2) is 13.1 Å². The number of ether oxygens (including phenoxy) is 1. The molecular formula is C16H27ClN2O3S. The van der Waals surface area contributed by atoms with Crippen molar-refractivity contribution < 1.29 is 13.2 Å². The average Bonchev–Trinajstić information content (AvgIpc) is 2.43. The molecule has 0 unspecified atom stereocenters. The van der Waals surface area contributed by atoms with Crippen LogP contribution in [0.1, 0.15) is 45.1 Å². The SMILES string of the molecule is Cc1cc(S(=O)(=O)NC2CCC(N)CC2)ccc1OC(C)C.Cl. The van der Waals surface area contributed by atoms with Crippen LogP contribution >= 0.6 is 12.4 Å². The third-order valence-electron chi connectivity index (χ3n) is 3.91. The Morgan fingerprint density at radius 2 is 1.83 bits per heavy atom. The maximum atomic E-state index is 12.5. The van der Waals surface area contributed by atoms with Crippen LogP contribution in [-0.2, 0) is 10.0 Å². The molecule has 0 aliphatic heterocycles. The van der Waals surface area contributed by atoms with Gasteiger partial charge in [-0.15, -0.1) is 12.4 Å². The van der Waals surface area contributed by atoms with Crippen molar-refractivity contribution >= 4 is 22.4 Å². The molecule has 0 radical (unpaired) electrons. The minimum Gasteiger partial charge on any atom is -0.491 e. The highest BCUT2D eigenvalue weighted by atomic mass is 35.5. The number of aryl methyl sites for hydroxylation is 1. The maximum absolute atomic E-state index is 12.5. The number of hydrogen-bond donors (Lipinski definition) is 2. The molecule has 1 aromatic carbocycles. The van der Waals surface area contributed by atoms with Crippen LogP contribution in [-0.4, -0.2) is 26.6 Å². The van der Waals surface area contributed by atoms with Gasteiger partial charge >= 0.3 is 0 Å². The van der Waals surface area contributed by atoms with Crippen LogP contribution in [0, 0.1) is 6.92 Å². The van der Waals surface area contributed by atoms with E-state index in [-0.39, 0.29) is 35.5 Å². The fraction of sp³-hybridized carbons (Fsp3) is 0.625. The Kier molecular flexibility index (Phi) is 7.32. The third kappa shape index (κ3) is 5.64. The lowest BCUT2D eigenvalue weighted by Crippen LogP contribution is -2.40. The van der Waals surface area contributed by atoms with E-state index in [4.69, 9.17) is 10.5 Å². The number of benzene rings is 1. The van der Waals surface area contributed by atoms with E-state index in [1.165, 1.54) is 0 Å². The molecule has 1 aromatic rings. The molecule has 0 aromatic heterocycles. The number of nitrogens with one attached hydrogen (secondary N) is 1. The Balaban J connectivity index is 0.00000264. The smallest absolute Gasteiger partial charge is 0.240 e. The minimum absolute atomic E-state index is 0. The largest absolute Gasteiger partial charge is 0.491 e. The van der Waals surface area contributed by atoms with Crippen molar-refractivity contribution in [1.29, 1.82) is 0 Å². The molecule has 7 heteroatoms. The van der Waals surface area contributed by atoms with Gasteiger partial charge < -0.3 is 10.5 Å². The van der Waals surface area contributed by atoms with Crippen LogP contribution in [0.2, 0.25) is 0 Å². The molecule has 1 saturated carbocycles. The van der Waals surface area contributed by atoms with Gasteiger partial charge in [0.2, 0.25) is 10.0 Å². The summed E-state index contributed by atoms with van der Waals surface area (Å²) < 4.78 is 33.4. The summed E-state index contributed by atoms with van der Waals surface area (Å²) in [5.41, 5.74) is 6.68. The molecule has 0 heterocycles. The summed E-state index contributed by atoms with van der Waals surface area (Å²) in [5.74, 6) is 0.720. The zero-order valence-corrected chi connectivity index (χ0v) is 15.5. The van der Waals surface area contributed by atoms with Gasteiger partial charge in [0, 0.05) is 12.1 Å². The van der Waals surface area contributed by atoms with Gasteiger partial charge in [0.05, 0.1) is 11.0 Å². The molecule has 0 amide bonds. The van der Waals surface area contributed by atoms with Gasteiger partial charge in [0.15, 0.2) is 0 Å². The van der Waals surface area contributed by atoms with Crippen molar-refractivity contribution in [1.82, 2.24) is 4.72 Å². The lowest BCUT2D eigenvalue weighted by Gasteiger charge is -2.26. The lowest BCUT2D eigenvalue weighted by atomic mass is 9.93. The highest BCUT2D eigenvalue weighted by molar-refractivity contribution is 7.89. The molecular weight excluding hydrogens is 336 g/mol. The summed E-state index contributed by atoms with van der Waals surface area (Å²) in [6.07, 6.45) is 3.40. The topological polar surface area (TPSA) is 81.4 Å². The normalized spacial score (nSPS) is 21.8. The molecule has 0 saturated heterocycles. The molecule has 2 rings (SSSR count). The monoisotopic (exact) mass is 362 g/mol. The second-order valence-electron chi connectivity index (χ2n) is 6.33. The first kappa shape index (κ1) is 20.2. The molecule has 0 spiro atoms. The van der Waals surface area contributed by atoms with Crippen LogP contribution in [0.15, 0.2) is 23.1 Å². The van der Waals surface area contributed by atoms with Crippen LogP contribution in [0.25, 0.3) is 0 Å². The number of rotatable bonds is 5. The standard InChI is InChI=1S/C16H26N2O3S.ClH/c1-11(2)21-16-9-8-15(10-12(16)3)22(19,20)18-14-6-4-13(17)5-7-14;/h8-11,13-14,18H,4-7,17H2,1-3H3;1H. The Morgan fingerprint density at radius 3 is 2.35 bits per heavy atom. The number of halogens is 1. The minimum atomic E-state index is -3.49. The predicted molar refractivity (Wildman–Crippen MR) is 94.7 cm³/mol.